The fraction of sp³-hybridized carbons (Fsp3) is 0.176. The van der Waals surface area contributed by atoms with Crippen LogP contribution in [0.5, 0.6) is 0 Å². The van der Waals surface area contributed by atoms with E-state index in [-0.39, 0.29) is 5.82 Å². The zero-order chi connectivity index (χ0) is 15.0. The molecule has 0 saturated heterocycles. The van der Waals surface area contributed by atoms with Crippen LogP contribution in [0.2, 0.25) is 5.02 Å². The molecule has 0 amide bonds. The maximum absolute atomic E-state index is 13.8. The SMILES string of the molecule is Cc1c(CNc2c(F)cccc2Cl)n(C)c2ccccc12. The maximum atomic E-state index is 13.8. The zero-order valence-electron chi connectivity index (χ0n) is 12.0. The maximum Gasteiger partial charge on any atom is 0.147 e. The third kappa shape index (κ3) is 2.38. The van der Waals surface area contributed by atoms with Gasteiger partial charge in [0.1, 0.15) is 5.82 Å². The first-order valence-electron chi connectivity index (χ1n) is 6.80. The highest BCUT2D eigenvalue weighted by molar-refractivity contribution is 6.33. The van der Waals surface area contributed by atoms with E-state index < -0.39 is 0 Å². The van der Waals surface area contributed by atoms with E-state index in [0.717, 1.165) is 5.69 Å². The second-order valence-electron chi connectivity index (χ2n) is 5.10. The molecular weight excluding hydrogens is 287 g/mol. The van der Waals surface area contributed by atoms with Crippen molar-refractivity contribution in [2.24, 2.45) is 7.05 Å². The molecule has 4 heteroatoms. The quantitative estimate of drug-likeness (QED) is 0.729. The normalized spacial score (nSPS) is 11.0. The summed E-state index contributed by atoms with van der Waals surface area (Å²) in [7, 11) is 2.02. The van der Waals surface area contributed by atoms with Gasteiger partial charge in [0.2, 0.25) is 0 Å². The lowest BCUT2D eigenvalue weighted by atomic mass is 10.1. The van der Waals surface area contributed by atoms with Gasteiger partial charge < -0.3 is 9.88 Å². The Balaban J connectivity index is 1.96. The number of fused-ring (bicyclic) bond motifs is 1. The summed E-state index contributed by atoms with van der Waals surface area (Å²) < 4.78 is 15.9. The summed E-state index contributed by atoms with van der Waals surface area (Å²) in [6.07, 6.45) is 0. The standard InChI is InChI=1S/C17H16ClFN2/c1-11-12-6-3-4-9-15(12)21(2)16(11)10-20-17-13(18)7-5-8-14(17)19/h3-9,20H,10H2,1-2H3. The van der Waals surface area contributed by atoms with Crippen molar-refractivity contribution in [1.29, 1.82) is 0 Å². The predicted octanol–water partition coefficient (Wildman–Crippen LogP) is 4.89. The van der Waals surface area contributed by atoms with E-state index in [1.165, 1.54) is 22.5 Å². The Morgan fingerprint density at radius 1 is 1.14 bits per heavy atom. The molecule has 0 aliphatic heterocycles. The summed E-state index contributed by atoms with van der Waals surface area (Å²) in [6.45, 7) is 2.61. The zero-order valence-corrected chi connectivity index (χ0v) is 12.7. The lowest BCUT2D eigenvalue weighted by Crippen LogP contribution is -2.07. The molecular formula is C17H16ClFN2. The van der Waals surface area contributed by atoms with Crippen molar-refractivity contribution in [2.75, 3.05) is 5.32 Å². The van der Waals surface area contributed by atoms with E-state index in [4.69, 9.17) is 11.6 Å². The molecule has 108 valence electrons. The summed E-state index contributed by atoms with van der Waals surface area (Å²) in [5.41, 5.74) is 3.85. The van der Waals surface area contributed by atoms with Crippen molar-refractivity contribution >= 4 is 28.2 Å². The van der Waals surface area contributed by atoms with E-state index in [1.54, 1.807) is 12.1 Å². The Kier molecular flexibility index (Phi) is 3.60. The number of aryl methyl sites for hydroxylation is 2. The van der Waals surface area contributed by atoms with Crippen LogP contribution in [0.25, 0.3) is 10.9 Å². The van der Waals surface area contributed by atoms with Gasteiger partial charge in [-0.1, -0.05) is 35.9 Å². The van der Waals surface area contributed by atoms with E-state index in [0.29, 0.717) is 17.3 Å². The van der Waals surface area contributed by atoms with Gasteiger partial charge >= 0.3 is 0 Å². The van der Waals surface area contributed by atoms with E-state index >= 15 is 0 Å². The van der Waals surface area contributed by atoms with Crippen molar-refractivity contribution in [2.45, 2.75) is 13.5 Å². The molecule has 2 nitrogen and oxygen atoms in total. The Labute approximate surface area is 128 Å². The fourth-order valence-electron chi connectivity index (χ4n) is 2.73. The molecule has 21 heavy (non-hydrogen) atoms. The van der Waals surface area contributed by atoms with Gasteiger partial charge in [-0.15, -0.1) is 0 Å². The van der Waals surface area contributed by atoms with Crippen LogP contribution in [0.3, 0.4) is 0 Å². The van der Waals surface area contributed by atoms with E-state index in [9.17, 15) is 4.39 Å². The molecule has 0 fully saturated rings. The minimum absolute atomic E-state index is 0.334. The minimum atomic E-state index is -0.334. The second-order valence-corrected chi connectivity index (χ2v) is 5.51. The summed E-state index contributed by atoms with van der Waals surface area (Å²) in [5, 5.41) is 4.73. The average molecular weight is 303 g/mol. The van der Waals surface area contributed by atoms with Crippen molar-refractivity contribution in [1.82, 2.24) is 4.57 Å². The lowest BCUT2D eigenvalue weighted by molar-refractivity contribution is 0.629. The number of rotatable bonds is 3. The molecule has 0 aliphatic carbocycles. The largest absolute Gasteiger partial charge is 0.376 e. The number of nitrogens with one attached hydrogen (secondary N) is 1. The van der Waals surface area contributed by atoms with Gasteiger partial charge in [0.15, 0.2) is 0 Å². The Hall–Kier alpha value is -2.00. The summed E-state index contributed by atoms with van der Waals surface area (Å²) in [5.74, 6) is -0.334. The van der Waals surface area contributed by atoms with Crippen molar-refractivity contribution < 1.29 is 4.39 Å². The van der Waals surface area contributed by atoms with Crippen LogP contribution in [0.4, 0.5) is 10.1 Å². The molecule has 0 spiro atoms. The molecule has 3 aromatic rings. The summed E-state index contributed by atoms with van der Waals surface area (Å²) in [4.78, 5) is 0. The average Bonchev–Trinajstić information content (AvgIpc) is 2.72. The van der Waals surface area contributed by atoms with Crippen LogP contribution in [0.15, 0.2) is 42.5 Å². The topological polar surface area (TPSA) is 17.0 Å². The second kappa shape index (κ2) is 5.41. The molecule has 1 N–H and O–H groups in total. The molecule has 1 heterocycles. The number of anilines is 1. The van der Waals surface area contributed by atoms with Crippen LogP contribution in [-0.2, 0) is 13.6 Å². The third-order valence-electron chi connectivity index (χ3n) is 3.90. The number of para-hydroxylation sites is 2. The smallest absolute Gasteiger partial charge is 0.147 e. The first kappa shape index (κ1) is 14.0. The number of aromatic nitrogens is 1. The summed E-state index contributed by atoms with van der Waals surface area (Å²) in [6, 6.07) is 12.9. The predicted molar refractivity (Wildman–Crippen MR) is 86.4 cm³/mol. The molecule has 0 radical (unpaired) electrons. The number of benzene rings is 2. The monoisotopic (exact) mass is 302 g/mol. The first-order valence-corrected chi connectivity index (χ1v) is 7.18. The van der Waals surface area contributed by atoms with Crippen LogP contribution < -0.4 is 5.32 Å². The fourth-order valence-corrected chi connectivity index (χ4v) is 2.96. The Morgan fingerprint density at radius 3 is 2.62 bits per heavy atom. The Bertz CT molecular complexity index is 749. The lowest BCUT2D eigenvalue weighted by Gasteiger charge is -2.11. The number of hydrogen-bond acceptors (Lipinski definition) is 1. The highest BCUT2D eigenvalue weighted by atomic mass is 35.5. The summed E-state index contributed by atoms with van der Waals surface area (Å²) >= 11 is 6.04. The van der Waals surface area contributed by atoms with Gasteiger partial charge in [0, 0.05) is 23.6 Å². The highest BCUT2D eigenvalue weighted by Crippen LogP contribution is 2.28. The molecule has 0 bridgehead atoms. The third-order valence-corrected chi connectivity index (χ3v) is 4.22. The van der Waals surface area contributed by atoms with Crippen LogP contribution in [0.1, 0.15) is 11.3 Å². The van der Waals surface area contributed by atoms with Crippen molar-refractivity contribution in [3.63, 3.8) is 0 Å². The van der Waals surface area contributed by atoms with E-state index in [2.05, 4.69) is 28.9 Å². The first-order chi connectivity index (χ1) is 10.1. The van der Waals surface area contributed by atoms with E-state index in [1.807, 2.05) is 19.2 Å². The van der Waals surface area contributed by atoms with Gasteiger partial charge in [-0.2, -0.15) is 0 Å². The highest BCUT2D eigenvalue weighted by Gasteiger charge is 2.12. The van der Waals surface area contributed by atoms with Crippen LogP contribution in [0, 0.1) is 12.7 Å². The molecule has 0 saturated carbocycles. The molecule has 3 rings (SSSR count). The Morgan fingerprint density at radius 2 is 1.90 bits per heavy atom. The number of hydrogen-bond donors (Lipinski definition) is 1. The minimum Gasteiger partial charge on any atom is -0.376 e. The van der Waals surface area contributed by atoms with Gasteiger partial charge in [-0.05, 0) is 30.7 Å². The van der Waals surface area contributed by atoms with Crippen LogP contribution in [-0.4, -0.2) is 4.57 Å². The van der Waals surface area contributed by atoms with Crippen molar-refractivity contribution in [3.05, 3.63) is 64.6 Å². The van der Waals surface area contributed by atoms with Gasteiger partial charge in [-0.25, -0.2) is 4.39 Å². The molecule has 0 atom stereocenters. The molecule has 0 aliphatic rings. The van der Waals surface area contributed by atoms with Gasteiger partial charge in [0.25, 0.3) is 0 Å². The van der Waals surface area contributed by atoms with Gasteiger partial charge in [0.05, 0.1) is 17.3 Å². The van der Waals surface area contributed by atoms with Crippen molar-refractivity contribution in [3.8, 4) is 0 Å². The molecule has 0 unspecified atom stereocenters. The molecule has 1 aromatic heterocycles. The number of halogens is 2. The number of nitrogens with zero attached hydrogens (tertiary/aromatic N) is 1. The van der Waals surface area contributed by atoms with Crippen LogP contribution >= 0.6 is 11.6 Å². The molecule has 2 aromatic carbocycles. The van der Waals surface area contributed by atoms with Gasteiger partial charge in [-0.3, -0.25) is 0 Å².